The standard InChI is InChI=1S/C7H13N3O/c1-6(10(4)5-8)7(11)9(2)3/h6H,1-4H3. The maximum Gasteiger partial charge on any atom is 0.245 e. The van der Waals surface area contributed by atoms with Gasteiger partial charge >= 0.3 is 0 Å². The molecule has 0 aliphatic carbocycles. The highest BCUT2D eigenvalue weighted by molar-refractivity contribution is 5.81. The fourth-order valence-electron chi connectivity index (χ4n) is 0.626. The molecule has 0 aliphatic rings. The van der Waals surface area contributed by atoms with Crippen LogP contribution in [0.4, 0.5) is 0 Å². The van der Waals surface area contributed by atoms with Crippen LogP contribution in [-0.4, -0.2) is 42.9 Å². The van der Waals surface area contributed by atoms with E-state index in [2.05, 4.69) is 0 Å². The first-order chi connectivity index (χ1) is 5.00. The van der Waals surface area contributed by atoms with Crippen molar-refractivity contribution < 1.29 is 4.79 Å². The van der Waals surface area contributed by atoms with Gasteiger partial charge in [-0.1, -0.05) is 0 Å². The Bertz CT molecular complexity index is 183. The Labute approximate surface area is 67.0 Å². The monoisotopic (exact) mass is 155 g/mol. The van der Waals surface area contributed by atoms with Crippen LogP contribution in [-0.2, 0) is 4.79 Å². The molecule has 1 atom stereocenters. The Kier molecular flexibility index (Phi) is 3.38. The molecule has 0 fully saturated rings. The predicted octanol–water partition coefficient (Wildman–Crippen LogP) is -0.124. The van der Waals surface area contributed by atoms with Gasteiger partial charge in [-0.25, -0.2) is 0 Å². The average Bonchev–Trinajstić information content (AvgIpc) is 2.00. The lowest BCUT2D eigenvalue weighted by Crippen LogP contribution is -2.40. The number of nitriles is 1. The SMILES string of the molecule is CC(C(=O)N(C)C)N(C)C#N. The molecule has 62 valence electrons. The summed E-state index contributed by atoms with van der Waals surface area (Å²) in [7, 11) is 4.93. The summed E-state index contributed by atoms with van der Waals surface area (Å²) >= 11 is 0. The molecule has 0 aromatic heterocycles. The first-order valence-electron chi connectivity index (χ1n) is 3.34. The van der Waals surface area contributed by atoms with Crippen molar-refractivity contribution in [3.05, 3.63) is 0 Å². The van der Waals surface area contributed by atoms with Crippen molar-refractivity contribution >= 4 is 5.91 Å². The topological polar surface area (TPSA) is 47.3 Å². The van der Waals surface area contributed by atoms with Gasteiger partial charge in [0.1, 0.15) is 6.04 Å². The highest BCUT2D eigenvalue weighted by Crippen LogP contribution is 1.96. The van der Waals surface area contributed by atoms with E-state index in [1.165, 1.54) is 9.80 Å². The molecule has 0 spiro atoms. The van der Waals surface area contributed by atoms with Gasteiger partial charge in [0.2, 0.25) is 5.91 Å². The quantitative estimate of drug-likeness (QED) is 0.412. The van der Waals surface area contributed by atoms with Gasteiger partial charge in [-0.05, 0) is 6.92 Å². The Morgan fingerprint density at radius 2 is 1.91 bits per heavy atom. The smallest absolute Gasteiger partial charge is 0.245 e. The van der Waals surface area contributed by atoms with Gasteiger partial charge in [-0.3, -0.25) is 4.79 Å². The van der Waals surface area contributed by atoms with Gasteiger partial charge in [-0.15, -0.1) is 0 Å². The summed E-state index contributed by atoms with van der Waals surface area (Å²) in [5, 5.41) is 8.44. The number of hydrogen-bond acceptors (Lipinski definition) is 3. The normalized spacial score (nSPS) is 11.5. The maximum absolute atomic E-state index is 11.2. The molecule has 1 unspecified atom stereocenters. The minimum absolute atomic E-state index is 0.0611. The van der Waals surface area contributed by atoms with Crippen LogP contribution in [0, 0.1) is 11.5 Å². The van der Waals surface area contributed by atoms with Crippen LogP contribution in [0.15, 0.2) is 0 Å². The summed E-state index contributed by atoms with van der Waals surface area (Å²) in [4.78, 5) is 14.0. The Balaban J connectivity index is 4.16. The molecule has 0 saturated heterocycles. The zero-order valence-electron chi connectivity index (χ0n) is 7.33. The number of carbonyl (C=O) groups is 1. The molecule has 0 N–H and O–H groups in total. The molecule has 4 heteroatoms. The third kappa shape index (κ3) is 2.46. The van der Waals surface area contributed by atoms with E-state index >= 15 is 0 Å². The Morgan fingerprint density at radius 1 is 1.45 bits per heavy atom. The number of carbonyl (C=O) groups excluding carboxylic acids is 1. The lowest BCUT2D eigenvalue weighted by molar-refractivity contribution is -0.132. The van der Waals surface area contributed by atoms with Gasteiger partial charge in [-0.2, -0.15) is 5.26 Å². The largest absolute Gasteiger partial charge is 0.347 e. The number of rotatable bonds is 2. The predicted molar refractivity (Wildman–Crippen MR) is 41.5 cm³/mol. The lowest BCUT2D eigenvalue weighted by atomic mass is 10.3. The second kappa shape index (κ2) is 3.81. The van der Waals surface area contributed by atoms with Crippen molar-refractivity contribution in [2.75, 3.05) is 21.1 Å². The van der Waals surface area contributed by atoms with Crippen molar-refractivity contribution in [3.63, 3.8) is 0 Å². The molecule has 0 bridgehead atoms. The summed E-state index contributed by atoms with van der Waals surface area (Å²) < 4.78 is 0. The molecule has 0 radical (unpaired) electrons. The van der Waals surface area contributed by atoms with Gasteiger partial charge in [0, 0.05) is 21.1 Å². The molecule has 0 aromatic rings. The molecule has 1 amide bonds. The summed E-state index contributed by atoms with van der Waals surface area (Å²) in [5.74, 6) is -0.0611. The average molecular weight is 155 g/mol. The second-order valence-electron chi connectivity index (χ2n) is 2.62. The third-order valence-electron chi connectivity index (χ3n) is 1.54. The van der Waals surface area contributed by atoms with Crippen LogP contribution in [0.3, 0.4) is 0 Å². The van der Waals surface area contributed by atoms with E-state index in [0.717, 1.165) is 0 Å². The summed E-state index contributed by atoms with van der Waals surface area (Å²) in [5.41, 5.74) is 0. The van der Waals surface area contributed by atoms with Crippen LogP contribution in [0.5, 0.6) is 0 Å². The van der Waals surface area contributed by atoms with E-state index in [9.17, 15) is 4.79 Å². The molecule has 0 saturated carbocycles. The minimum atomic E-state index is -0.366. The lowest BCUT2D eigenvalue weighted by Gasteiger charge is -2.21. The van der Waals surface area contributed by atoms with E-state index in [4.69, 9.17) is 5.26 Å². The fraction of sp³-hybridized carbons (Fsp3) is 0.714. The molecular formula is C7H13N3O. The van der Waals surface area contributed by atoms with E-state index in [-0.39, 0.29) is 11.9 Å². The maximum atomic E-state index is 11.2. The molecule has 0 heterocycles. The van der Waals surface area contributed by atoms with Gasteiger partial charge in [0.05, 0.1) is 0 Å². The zero-order valence-corrected chi connectivity index (χ0v) is 7.33. The molecule has 0 rings (SSSR count). The summed E-state index contributed by atoms with van der Waals surface area (Å²) in [6.07, 6.45) is 1.89. The molecular weight excluding hydrogens is 142 g/mol. The van der Waals surface area contributed by atoms with Gasteiger partial charge < -0.3 is 9.80 Å². The van der Waals surface area contributed by atoms with Crippen molar-refractivity contribution in [3.8, 4) is 6.19 Å². The fourth-order valence-corrected chi connectivity index (χ4v) is 0.626. The first kappa shape index (κ1) is 9.76. The van der Waals surface area contributed by atoms with Crippen LogP contribution >= 0.6 is 0 Å². The molecule has 4 nitrogen and oxygen atoms in total. The number of likely N-dealkylation sites (N-methyl/N-ethyl adjacent to an activating group) is 2. The first-order valence-corrected chi connectivity index (χ1v) is 3.34. The van der Waals surface area contributed by atoms with Crippen LogP contribution in [0.25, 0.3) is 0 Å². The van der Waals surface area contributed by atoms with Crippen molar-refractivity contribution in [2.24, 2.45) is 0 Å². The number of nitrogens with zero attached hydrogens (tertiary/aromatic N) is 3. The van der Waals surface area contributed by atoms with Crippen LogP contribution in [0.2, 0.25) is 0 Å². The van der Waals surface area contributed by atoms with Gasteiger partial charge in [0.25, 0.3) is 0 Å². The highest BCUT2D eigenvalue weighted by Gasteiger charge is 2.17. The molecule has 0 aromatic carbocycles. The molecule has 0 aliphatic heterocycles. The summed E-state index contributed by atoms with van der Waals surface area (Å²) in [6, 6.07) is -0.366. The van der Waals surface area contributed by atoms with E-state index in [1.807, 2.05) is 6.19 Å². The van der Waals surface area contributed by atoms with E-state index in [1.54, 1.807) is 28.1 Å². The minimum Gasteiger partial charge on any atom is -0.347 e. The van der Waals surface area contributed by atoms with Crippen molar-refractivity contribution in [1.29, 1.82) is 5.26 Å². The number of hydrogen-bond donors (Lipinski definition) is 0. The Hall–Kier alpha value is -1.24. The van der Waals surface area contributed by atoms with Crippen molar-refractivity contribution in [1.82, 2.24) is 9.80 Å². The zero-order chi connectivity index (χ0) is 9.02. The second-order valence-corrected chi connectivity index (χ2v) is 2.62. The molecule has 11 heavy (non-hydrogen) atoms. The third-order valence-corrected chi connectivity index (χ3v) is 1.54. The van der Waals surface area contributed by atoms with E-state index in [0.29, 0.717) is 0 Å². The van der Waals surface area contributed by atoms with E-state index < -0.39 is 0 Å². The van der Waals surface area contributed by atoms with Crippen molar-refractivity contribution in [2.45, 2.75) is 13.0 Å². The highest BCUT2D eigenvalue weighted by atomic mass is 16.2. The van der Waals surface area contributed by atoms with Gasteiger partial charge in [0.15, 0.2) is 6.19 Å². The Morgan fingerprint density at radius 3 is 2.18 bits per heavy atom. The summed E-state index contributed by atoms with van der Waals surface area (Å²) in [6.45, 7) is 1.70. The number of amides is 1. The van der Waals surface area contributed by atoms with Crippen LogP contribution in [0.1, 0.15) is 6.92 Å². The van der Waals surface area contributed by atoms with Crippen LogP contribution < -0.4 is 0 Å².